The quantitative estimate of drug-likeness (QED) is 0.600. The minimum absolute atomic E-state index is 0.0117. The lowest BCUT2D eigenvalue weighted by atomic mass is 9.59. The molecule has 2 fully saturated rings. The van der Waals surface area contributed by atoms with Crippen LogP contribution in [0.4, 0.5) is 0 Å². The Bertz CT molecular complexity index is 859. The Morgan fingerprint density at radius 3 is 1.57 bits per heavy atom. The summed E-state index contributed by atoms with van der Waals surface area (Å²) < 4.78 is 0. The molecule has 0 aromatic heterocycles. The second-order valence-corrected chi connectivity index (χ2v) is 8.28. The zero-order valence-corrected chi connectivity index (χ0v) is 16.9. The second kappa shape index (κ2) is 7.13. The third kappa shape index (κ3) is 2.94. The fourth-order valence-electron chi connectivity index (χ4n) is 4.53. The summed E-state index contributed by atoms with van der Waals surface area (Å²) >= 11 is 5.50. The highest BCUT2D eigenvalue weighted by Gasteiger charge is 2.60. The Hall–Kier alpha value is -2.53. The van der Waals surface area contributed by atoms with Crippen molar-refractivity contribution in [2.24, 2.45) is 5.41 Å². The highest BCUT2D eigenvalue weighted by Crippen LogP contribution is 2.51. The molecule has 144 valence electrons. The molecule has 5 heteroatoms. The number of ketones is 2. The van der Waals surface area contributed by atoms with Gasteiger partial charge in [0, 0.05) is 12.8 Å². The van der Waals surface area contributed by atoms with E-state index in [1.807, 2.05) is 62.4 Å². The molecule has 1 saturated carbocycles. The normalized spacial score (nSPS) is 24.0. The lowest BCUT2D eigenvalue weighted by molar-refractivity contribution is -0.149. The predicted octanol–water partition coefficient (Wildman–Crippen LogP) is 3.87. The molecule has 1 aliphatic heterocycles. The first kappa shape index (κ1) is 18.8. The van der Waals surface area contributed by atoms with Gasteiger partial charge in [0.2, 0.25) is 0 Å². The SMILES string of the molecule is Cc1ccc(C2NC(=S)NC(c3ccc(C)cc3)C23C(=O)CCCC3=O)cc1. The van der Waals surface area contributed by atoms with E-state index >= 15 is 0 Å². The minimum atomic E-state index is -1.20. The van der Waals surface area contributed by atoms with Gasteiger partial charge in [-0.15, -0.1) is 0 Å². The van der Waals surface area contributed by atoms with Crippen LogP contribution in [0.15, 0.2) is 48.5 Å². The molecule has 0 radical (unpaired) electrons. The van der Waals surface area contributed by atoms with E-state index < -0.39 is 17.5 Å². The lowest BCUT2D eigenvalue weighted by Crippen LogP contribution is -2.65. The average molecular weight is 393 g/mol. The summed E-state index contributed by atoms with van der Waals surface area (Å²) in [5.74, 6) is -0.0233. The first-order valence-corrected chi connectivity index (χ1v) is 10.1. The van der Waals surface area contributed by atoms with Crippen LogP contribution in [0.2, 0.25) is 0 Å². The molecule has 1 spiro atoms. The van der Waals surface area contributed by atoms with Gasteiger partial charge in [-0.05, 0) is 43.6 Å². The fraction of sp³-hybridized carbons (Fsp3) is 0.348. The number of hydrogen-bond donors (Lipinski definition) is 2. The molecule has 2 N–H and O–H groups in total. The first-order valence-electron chi connectivity index (χ1n) is 9.69. The van der Waals surface area contributed by atoms with Crippen LogP contribution in [0.3, 0.4) is 0 Å². The summed E-state index contributed by atoms with van der Waals surface area (Å²) in [5.41, 5.74) is 2.88. The maximum absolute atomic E-state index is 13.4. The molecule has 4 rings (SSSR count). The molecule has 4 nitrogen and oxygen atoms in total. The number of Topliss-reactive ketones (excluding diaryl/α,β-unsaturated/α-hetero) is 2. The van der Waals surface area contributed by atoms with Gasteiger partial charge < -0.3 is 10.6 Å². The van der Waals surface area contributed by atoms with Crippen molar-refractivity contribution < 1.29 is 9.59 Å². The zero-order chi connectivity index (χ0) is 19.9. The van der Waals surface area contributed by atoms with E-state index in [1.165, 1.54) is 0 Å². The number of hydrogen-bond acceptors (Lipinski definition) is 3. The number of carbonyl (C=O) groups excluding carboxylic acids is 2. The van der Waals surface area contributed by atoms with Gasteiger partial charge in [0.15, 0.2) is 16.7 Å². The number of carbonyl (C=O) groups is 2. The van der Waals surface area contributed by atoms with Crippen LogP contribution in [-0.2, 0) is 9.59 Å². The van der Waals surface area contributed by atoms with Gasteiger partial charge in [0.05, 0.1) is 12.1 Å². The van der Waals surface area contributed by atoms with Crippen LogP contribution in [0.25, 0.3) is 0 Å². The summed E-state index contributed by atoms with van der Waals surface area (Å²) in [4.78, 5) is 26.9. The molecule has 0 amide bonds. The van der Waals surface area contributed by atoms with Crippen molar-refractivity contribution in [3.63, 3.8) is 0 Å². The molecule has 1 saturated heterocycles. The van der Waals surface area contributed by atoms with Gasteiger partial charge in [-0.3, -0.25) is 9.59 Å². The average Bonchev–Trinajstić information content (AvgIpc) is 2.67. The molecule has 2 aromatic rings. The predicted molar refractivity (Wildman–Crippen MR) is 113 cm³/mol. The Labute approximate surface area is 170 Å². The summed E-state index contributed by atoms with van der Waals surface area (Å²) in [6.07, 6.45) is 1.43. The van der Waals surface area contributed by atoms with Crippen molar-refractivity contribution in [1.82, 2.24) is 10.6 Å². The monoisotopic (exact) mass is 392 g/mol. The van der Waals surface area contributed by atoms with Crippen LogP contribution >= 0.6 is 12.2 Å². The molecule has 2 aromatic carbocycles. The van der Waals surface area contributed by atoms with Crippen LogP contribution in [-0.4, -0.2) is 16.7 Å². The van der Waals surface area contributed by atoms with Crippen molar-refractivity contribution in [2.75, 3.05) is 0 Å². The highest BCUT2D eigenvalue weighted by molar-refractivity contribution is 7.80. The van der Waals surface area contributed by atoms with E-state index in [4.69, 9.17) is 12.2 Å². The Kier molecular flexibility index (Phi) is 4.79. The van der Waals surface area contributed by atoms with E-state index in [2.05, 4.69) is 10.6 Å². The van der Waals surface area contributed by atoms with Crippen molar-refractivity contribution in [2.45, 2.75) is 45.2 Å². The summed E-state index contributed by atoms with van der Waals surface area (Å²) in [6, 6.07) is 15.0. The molecule has 2 atom stereocenters. The first-order chi connectivity index (χ1) is 13.4. The topological polar surface area (TPSA) is 58.2 Å². The maximum atomic E-state index is 13.4. The molecule has 0 bridgehead atoms. The van der Waals surface area contributed by atoms with Crippen LogP contribution in [0.5, 0.6) is 0 Å². The number of benzene rings is 2. The van der Waals surface area contributed by atoms with Crippen LogP contribution < -0.4 is 10.6 Å². The van der Waals surface area contributed by atoms with Gasteiger partial charge in [-0.25, -0.2) is 0 Å². The number of nitrogens with one attached hydrogen (secondary N) is 2. The Morgan fingerprint density at radius 2 is 1.18 bits per heavy atom. The minimum Gasteiger partial charge on any atom is -0.354 e. The van der Waals surface area contributed by atoms with Crippen molar-refractivity contribution in [3.8, 4) is 0 Å². The van der Waals surface area contributed by atoms with E-state index in [-0.39, 0.29) is 11.6 Å². The van der Waals surface area contributed by atoms with Crippen molar-refractivity contribution >= 4 is 28.9 Å². The largest absolute Gasteiger partial charge is 0.354 e. The lowest BCUT2D eigenvalue weighted by Gasteiger charge is -2.50. The zero-order valence-electron chi connectivity index (χ0n) is 16.1. The second-order valence-electron chi connectivity index (χ2n) is 7.87. The number of thiocarbonyl (C=S) groups is 1. The van der Waals surface area contributed by atoms with Crippen LogP contribution in [0, 0.1) is 19.3 Å². The third-order valence-corrected chi connectivity index (χ3v) is 6.25. The van der Waals surface area contributed by atoms with E-state index in [1.54, 1.807) is 0 Å². The van der Waals surface area contributed by atoms with Crippen LogP contribution in [0.1, 0.15) is 53.6 Å². The highest BCUT2D eigenvalue weighted by atomic mass is 32.1. The van der Waals surface area contributed by atoms with E-state index in [0.29, 0.717) is 24.4 Å². The van der Waals surface area contributed by atoms with Gasteiger partial charge in [-0.1, -0.05) is 59.7 Å². The summed E-state index contributed by atoms with van der Waals surface area (Å²) in [7, 11) is 0. The molecule has 28 heavy (non-hydrogen) atoms. The molecule has 2 unspecified atom stereocenters. The number of rotatable bonds is 2. The van der Waals surface area contributed by atoms with Crippen molar-refractivity contribution in [3.05, 3.63) is 70.8 Å². The number of aryl methyl sites for hydroxylation is 2. The summed E-state index contributed by atoms with van der Waals surface area (Å²) in [6.45, 7) is 4.04. The van der Waals surface area contributed by atoms with Gasteiger partial charge in [0.1, 0.15) is 5.41 Å². The summed E-state index contributed by atoms with van der Waals surface area (Å²) in [5, 5.41) is 6.99. The molecule has 2 aliphatic rings. The smallest absolute Gasteiger partial charge is 0.167 e. The Balaban J connectivity index is 1.92. The molecular weight excluding hydrogens is 368 g/mol. The molecular formula is C23H24N2O2S. The van der Waals surface area contributed by atoms with Gasteiger partial charge in [0.25, 0.3) is 0 Å². The van der Waals surface area contributed by atoms with Gasteiger partial charge in [-0.2, -0.15) is 0 Å². The molecule has 1 heterocycles. The molecule has 1 aliphatic carbocycles. The maximum Gasteiger partial charge on any atom is 0.167 e. The van der Waals surface area contributed by atoms with Crippen molar-refractivity contribution in [1.29, 1.82) is 0 Å². The van der Waals surface area contributed by atoms with Gasteiger partial charge >= 0.3 is 0 Å². The van der Waals surface area contributed by atoms with E-state index in [9.17, 15) is 9.59 Å². The van der Waals surface area contributed by atoms with E-state index in [0.717, 1.165) is 22.3 Å². The standard InChI is InChI=1S/C23H24N2O2S/c1-14-6-10-16(11-7-14)20-23(18(26)4-3-5-19(23)27)21(25-22(28)24-20)17-12-8-15(2)9-13-17/h6-13,20-21H,3-5H2,1-2H3,(H2,24,25,28). The third-order valence-electron chi connectivity index (χ3n) is 6.01. The fourth-order valence-corrected chi connectivity index (χ4v) is 4.77. The Morgan fingerprint density at radius 1 is 0.786 bits per heavy atom.